The fourth-order valence-corrected chi connectivity index (χ4v) is 2.30. The molecule has 0 aliphatic carbocycles. The molecule has 1 aliphatic heterocycles. The van der Waals surface area contributed by atoms with Crippen molar-refractivity contribution >= 4 is 11.8 Å². The third kappa shape index (κ3) is 2.16. The van der Waals surface area contributed by atoms with Crippen LogP contribution in [0.3, 0.4) is 0 Å². The highest BCUT2D eigenvalue weighted by Gasteiger charge is 2.35. The lowest BCUT2D eigenvalue weighted by Crippen LogP contribution is -2.36. The Bertz CT molecular complexity index is 497. The highest BCUT2D eigenvalue weighted by atomic mass is 16.2. The van der Waals surface area contributed by atoms with Gasteiger partial charge < -0.3 is 5.32 Å². The average Bonchev–Trinajstić information content (AvgIpc) is 2.55. The molecule has 1 aromatic rings. The number of aryl methyl sites for hydroxylation is 1. The Hall–Kier alpha value is -1.68. The molecule has 2 rings (SSSR count). The molecule has 1 unspecified atom stereocenters. The summed E-state index contributed by atoms with van der Waals surface area (Å²) in [4.78, 5) is 25.7. The van der Waals surface area contributed by atoms with Crippen molar-refractivity contribution in [2.45, 2.75) is 13.8 Å². The number of rotatable bonds is 4. The van der Waals surface area contributed by atoms with Gasteiger partial charge in [-0.3, -0.25) is 14.5 Å². The van der Waals surface area contributed by atoms with Gasteiger partial charge in [-0.15, -0.1) is 0 Å². The number of hydrogen-bond donors (Lipinski definition) is 1. The Morgan fingerprint density at radius 3 is 2.56 bits per heavy atom. The summed E-state index contributed by atoms with van der Waals surface area (Å²) in [5.74, 6) is -0.0853. The van der Waals surface area contributed by atoms with Gasteiger partial charge in [-0.25, -0.2) is 0 Å². The number of fused-ring (bicyclic) bond motifs is 1. The molecule has 0 fully saturated rings. The Labute approximate surface area is 107 Å². The van der Waals surface area contributed by atoms with Crippen LogP contribution in [-0.2, 0) is 0 Å². The molecule has 18 heavy (non-hydrogen) atoms. The van der Waals surface area contributed by atoms with Gasteiger partial charge in [-0.2, -0.15) is 0 Å². The lowest BCUT2D eigenvalue weighted by Gasteiger charge is -2.18. The van der Waals surface area contributed by atoms with E-state index >= 15 is 0 Å². The standard InChI is InChI=1S/C14H18N2O2/c1-9-4-5-11-12(6-9)14(18)16(13(11)17)8-10(2)7-15-3/h4-6,10,15H,7-8H2,1-3H3. The van der Waals surface area contributed by atoms with Gasteiger partial charge in [0, 0.05) is 6.54 Å². The predicted molar refractivity (Wildman–Crippen MR) is 69.6 cm³/mol. The molecule has 4 nitrogen and oxygen atoms in total. The molecule has 0 saturated carbocycles. The van der Waals surface area contributed by atoms with Crippen molar-refractivity contribution in [2.24, 2.45) is 5.92 Å². The molecular weight excluding hydrogens is 228 g/mol. The van der Waals surface area contributed by atoms with Gasteiger partial charge >= 0.3 is 0 Å². The second-order valence-electron chi connectivity index (χ2n) is 4.93. The van der Waals surface area contributed by atoms with Crippen LogP contribution < -0.4 is 5.32 Å². The van der Waals surface area contributed by atoms with Crippen LogP contribution in [0, 0.1) is 12.8 Å². The molecule has 1 N–H and O–H groups in total. The smallest absolute Gasteiger partial charge is 0.261 e. The highest BCUT2D eigenvalue weighted by molar-refractivity contribution is 6.21. The average molecular weight is 246 g/mol. The molecule has 0 aromatic heterocycles. The van der Waals surface area contributed by atoms with Gasteiger partial charge in [0.25, 0.3) is 11.8 Å². The lowest BCUT2D eigenvalue weighted by molar-refractivity contribution is 0.0633. The fraction of sp³-hybridized carbons (Fsp3) is 0.429. The molecule has 96 valence electrons. The zero-order chi connectivity index (χ0) is 13.3. The molecule has 0 radical (unpaired) electrons. The predicted octanol–water partition coefficient (Wildman–Crippen LogP) is 1.45. The summed E-state index contributed by atoms with van der Waals surface area (Å²) in [5, 5.41) is 3.05. The second-order valence-corrected chi connectivity index (χ2v) is 4.93. The third-order valence-electron chi connectivity index (χ3n) is 3.17. The summed E-state index contributed by atoms with van der Waals surface area (Å²) >= 11 is 0. The summed E-state index contributed by atoms with van der Waals surface area (Å²) in [5.41, 5.74) is 2.07. The van der Waals surface area contributed by atoms with Crippen molar-refractivity contribution < 1.29 is 9.59 Å². The van der Waals surface area contributed by atoms with Gasteiger partial charge in [0.1, 0.15) is 0 Å². The van der Waals surface area contributed by atoms with Crippen LogP contribution in [0.25, 0.3) is 0 Å². The van der Waals surface area contributed by atoms with Crippen molar-refractivity contribution in [3.05, 3.63) is 34.9 Å². The quantitative estimate of drug-likeness (QED) is 0.818. The van der Waals surface area contributed by atoms with Gasteiger partial charge in [0.2, 0.25) is 0 Å². The number of carbonyl (C=O) groups excluding carboxylic acids is 2. The molecular formula is C14H18N2O2. The zero-order valence-corrected chi connectivity index (χ0v) is 11.0. The Kier molecular flexibility index (Phi) is 3.48. The Morgan fingerprint density at radius 1 is 1.22 bits per heavy atom. The maximum Gasteiger partial charge on any atom is 0.261 e. The molecule has 0 bridgehead atoms. The maximum atomic E-state index is 12.2. The first kappa shape index (κ1) is 12.8. The maximum absolute atomic E-state index is 12.2. The number of nitrogens with one attached hydrogen (secondary N) is 1. The topological polar surface area (TPSA) is 49.4 Å². The molecule has 1 atom stereocenters. The molecule has 0 spiro atoms. The van der Waals surface area contributed by atoms with E-state index in [0.29, 0.717) is 17.7 Å². The molecule has 2 amide bonds. The third-order valence-corrected chi connectivity index (χ3v) is 3.17. The monoisotopic (exact) mass is 246 g/mol. The molecule has 0 saturated heterocycles. The van der Waals surface area contributed by atoms with Crippen LogP contribution in [0.15, 0.2) is 18.2 Å². The van der Waals surface area contributed by atoms with Gasteiger partial charge in [0.05, 0.1) is 11.1 Å². The van der Waals surface area contributed by atoms with Crippen LogP contribution in [0.1, 0.15) is 33.2 Å². The largest absolute Gasteiger partial charge is 0.319 e. The van der Waals surface area contributed by atoms with E-state index in [1.165, 1.54) is 4.90 Å². The van der Waals surface area contributed by atoms with E-state index in [1.54, 1.807) is 12.1 Å². The number of amides is 2. The Morgan fingerprint density at radius 2 is 1.89 bits per heavy atom. The summed E-state index contributed by atoms with van der Waals surface area (Å²) in [6.07, 6.45) is 0. The zero-order valence-electron chi connectivity index (χ0n) is 11.0. The number of nitrogens with zero attached hydrogens (tertiary/aromatic N) is 1. The van der Waals surface area contributed by atoms with Crippen LogP contribution in [-0.4, -0.2) is 36.9 Å². The minimum Gasteiger partial charge on any atom is -0.319 e. The number of hydrogen-bond acceptors (Lipinski definition) is 3. The van der Waals surface area contributed by atoms with Gasteiger partial charge in [-0.1, -0.05) is 18.6 Å². The minimum atomic E-state index is -0.169. The normalized spacial score (nSPS) is 16.1. The van der Waals surface area contributed by atoms with E-state index in [2.05, 4.69) is 5.32 Å². The van der Waals surface area contributed by atoms with Crippen LogP contribution >= 0.6 is 0 Å². The Balaban J connectivity index is 2.23. The van der Waals surface area contributed by atoms with E-state index in [1.807, 2.05) is 27.0 Å². The van der Waals surface area contributed by atoms with E-state index < -0.39 is 0 Å². The molecule has 1 aliphatic rings. The summed E-state index contributed by atoms with van der Waals surface area (Å²) in [6.45, 7) is 5.19. The molecule has 1 aromatic carbocycles. The molecule has 1 heterocycles. The number of carbonyl (C=O) groups is 2. The minimum absolute atomic E-state index is 0.165. The van der Waals surface area contributed by atoms with Crippen molar-refractivity contribution in [1.82, 2.24) is 10.2 Å². The number of imide groups is 1. The highest BCUT2D eigenvalue weighted by Crippen LogP contribution is 2.24. The second kappa shape index (κ2) is 4.90. The SMILES string of the molecule is CNCC(C)CN1C(=O)c2ccc(C)cc2C1=O. The van der Waals surface area contributed by atoms with E-state index in [9.17, 15) is 9.59 Å². The van der Waals surface area contributed by atoms with E-state index in [-0.39, 0.29) is 17.7 Å². The van der Waals surface area contributed by atoms with Crippen LogP contribution in [0.4, 0.5) is 0 Å². The van der Waals surface area contributed by atoms with Crippen molar-refractivity contribution in [1.29, 1.82) is 0 Å². The van der Waals surface area contributed by atoms with E-state index in [0.717, 1.165) is 12.1 Å². The van der Waals surface area contributed by atoms with Crippen molar-refractivity contribution in [3.63, 3.8) is 0 Å². The lowest BCUT2D eigenvalue weighted by atomic mass is 10.1. The molecule has 4 heteroatoms. The first-order valence-corrected chi connectivity index (χ1v) is 6.16. The first-order valence-electron chi connectivity index (χ1n) is 6.16. The first-order chi connectivity index (χ1) is 8.54. The van der Waals surface area contributed by atoms with E-state index in [4.69, 9.17) is 0 Å². The fourth-order valence-electron chi connectivity index (χ4n) is 2.30. The summed E-state index contributed by atoms with van der Waals surface area (Å²) < 4.78 is 0. The van der Waals surface area contributed by atoms with Crippen molar-refractivity contribution in [2.75, 3.05) is 20.1 Å². The van der Waals surface area contributed by atoms with Gasteiger partial charge in [-0.05, 0) is 38.6 Å². The van der Waals surface area contributed by atoms with Crippen molar-refractivity contribution in [3.8, 4) is 0 Å². The van der Waals surface area contributed by atoms with Crippen LogP contribution in [0.5, 0.6) is 0 Å². The summed E-state index contributed by atoms with van der Waals surface area (Å²) in [6, 6.07) is 5.40. The van der Waals surface area contributed by atoms with Gasteiger partial charge in [0.15, 0.2) is 0 Å². The number of benzene rings is 1. The van der Waals surface area contributed by atoms with Crippen LogP contribution in [0.2, 0.25) is 0 Å². The summed E-state index contributed by atoms with van der Waals surface area (Å²) in [7, 11) is 1.86.